The summed E-state index contributed by atoms with van der Waals surface area (Å²) in [4.78, 5) is 14.1. The molecule has 2 rings (SSSR count). The number of hydrogen-bond acceptors (Lipinski definition) is 4. The number of nitrogen functional groups attached to an aromatic ring is 1. The summed E-state index contributed by atoms with van der Waals surface area (Å²) in [5, 5.41) is 0.325. The van der Waals surface area contributed by atoms with Crippen molar-refractivity contribution in [2.75, 3.05) is 23.8 Å². The maximum atomic E-state index is 12.5. The Labute approximate surface area is 123 Å². The summed E-state index contributed by atoms with van der Waals surface area (Å²) >= 11 is 5.92. The number of rotatable bonds is 3. The third kappa shape index (κ3) is 2.91. The number of carbonyl (C=O) groups excluding carboxylic acids is 1. The van der Waals surface area contributed by atoms with Gasteiger partial charge in [0.15, 0.2) is 9.84 Å². The molecule has 0 aromatic heterocycles. The second-order valence-corrected chi connectivity index (χ2v) is 7.49. The average Bonchev–Trinajstić information content (AvgIpc) is 2.74. The maximum Gasteiger partial charge on any atom is 0.256 e. The largest absolute Gasteiger partial charge is 0.397 e. The van der Waals surface area contributed by atoms with Crippen LogP contribution >= 0.6 is 11.6 Å². The molecule has 0 saturated carbocycles. The van der Waals surface area contributed by atoms with Gasteiger partial charge in [-0.25, -0.2) is 8.42 Å². The number of amides is 1. The standard InChI is InChI=1S/C13H17ClN2O3S/c1-2-16(9-6-7-20(18,19)8-9)13(17)10-4-3-5-11(14)12(10)15/h3-5,9H,2,6-8,15H2,1H3. The Hall–Kier alpha value is -1.27. The topological polar surface area (TPSA) is 80.5 Å². The zero-order chi connectivity index (χ0) is 14.9. The highest BCUT2D eigenvalue weighted by Gasteiger charge is 2.34. The number of nitrogens with two attached hydrogens (primary N) is 1. The van der Waals surface area contributed by atoms with Gasteiger partial charge in [0, 0.05) is 12.6 Å². The molecule has 1 heterocycles. The van der Waals surface area contributed by atoms with E-state index >= 15 is 0 Å². The predicted octanol–water partition coefficient (Wildman–Crippen LogP) is 1.57. The lowest BCUT2D eigenvalue weighted by molar-refractivity contribution is 0.0709. The molecule has 1 atom stereocenters. The van der Waals surface area contributed by atoms with Gasteiger partial charge in [-0.15, -0.1) is 0 Å². The summed E-state index contributed by atoms with van der Waals surface area (Å²) in [6.45, 7) is 2.26. The van der Waals surface area contributed by atoms with Gasteiger partial charge in [0.05, 0.1) is 27.8 Å². The Morgan fingerprint density at radius 1 is 1.50 bits per heavy atom. The Kier molecular flexibility index (Phi) is 4.25. The van der Waals surface area contributed by atoms with Crippen LogP contribution in [-0.2, 0) is 9.84 Å². The quantitative estimate of drug-likeness (QED) is 0.858. The van der Waals surface area contributed by atoms with Crippen LogP contribution in [0.25, 0.3) is 0 Å². The fourth-order valence-electron chi connectivity index (χ4n) is 2.47. The van der Waals surface area contributed by atoms with Crippen LogP contribution in [0.1, 0.15) is 23.7 Å². The van der Waals surface area contributed by atoms with Crippen molar-refractivity contribution in [3.05, 3.63) is 28.8 Å². The molecular formula is C13H17ClN2O3S. The molecule has 1 aromatic carbocycles. The molecule has 0 bridgehead atoms. The van der Waals surface area contributed by atoms with Crippen molar-refractivity contribution in [3.63, 3.8) is 0 Å². The van der Waals surface area contributed by atoms with Crippen LogP contribution in [0.2, 0.25) is 5.02 Å². The normalized spacial score (nSPS) is 20.8. The molecule has 0 aliphatic carbocycles. The van der Waals surface area contributed by atoms with E-state index < -0.39 is 9.84 Å². The average molecular weight is 317 g/mol. The van der Waals surface area contributed by atoms with Gasteiger partial charge in [-0.3, -0.25) is 4.79 Å². The highest BCUT2D eigenvalue weighted by atomic mass is 35.5. The molecule has 1 unspecified atom stereocenters. The third-order valence-corrected chi connectivity index (χ3v) is 5.61. The van der Waals surface area contributed by atoms with Gasteiger partial charge in [0.25, 0.3) is 5.91 Å². The van der Waals surface area contributed by atoms with E-state index in [0.717, 1.165) is 0 Å². The molecule has 110 valence electrons. The summed E-state index contributed by atoms with van der Waals surface area (Å²) < 4.78 is 23.1. The van der Waals surface area contributed by atoms with Gasteiger partial charge >= 0.3 is 0 Å². The van der Waals surface area contributed by atoms with E-state index in [1.807, 2.05) is 6.92 Å². The SMILES string of the molecule is CCN(C(=O)c1cccc(Cl)c1N)C1CCS(=O)(=O)C1. The summed E-state index contributed by atoms with van der Waals surface area (Å²) in [5.74, 6) is -0.117. The summed E-state index contributed by atoms with van der Waals surface area (Å²) in [5.41, 5.74) is 6.39. The first-order valence-corrected chi connectivity index (χ1v) is 8.61. The third-order valence-electron chi connectivity index (χ3n) is 3.53. The lowest BCUT2D eigenvalue weighted by atomic mass is 10.1. The van der Waals surface area contributed by atoms with Crippen molar-refractivity contribution in [2.45, 2.75) is 19.4 Å². The van der Waals surface area contributed by atoms with Crippen LogP contribution in [0.4, 0.5) is 5.69 Å². The van der Waals surface area contributed by atoms with Crippen molar-refractivity contribution in [2.24, 2.45) is 0 Å². The van der Waals surface area contributed by atoms with Gasteiger partial charge in [0.1, 0.15) is 0 Å². The minimum absolute atomic E-state index is 0.0209. The summed E-state index contributed by atoms with van der Waals surface area (Å²) in [6, 6.07) is 4.60. The Balaban J connectivity index is 2.28. The number of benzene rings is 1. The number of nitrogens with zero attached hydrogens (tertiary/aromatic N) is 1. The molecule has 1 aromatic rings. The van der Waals surface area contributed by atoms with Crippen LogP contribution in [0.3, 0.4) is 0 Å². The number of carbonyl (C=O) groups is 1. The second kappa shape index (κ2) is 5.61. The Morgan fingerprint density at radius 2 is 2.20 bits per heavy atom. The number of para-hydroxylation sites is 1. The first-order chi connectivity index (χ1) is 9.35. The molecule has 0 radical (unpaired) electrons. The van der Waals surface area contributed by atoms with Gasteiger partial charge in [-0.1, -0.05) is 17.7 Å². The lowest BCUT2D eigenvalue weighted by Crippen LogP contribution is -2.41. The van der Waals surface area contributed by atoms with E-state index in [2.05, 4.69) is 0 Å². The second-order valence-electron chi connectivity index (χ2n) is 4.85. The monoisotopic (exact) mass is 316 g/mol. The zero-order valence-electron chi connectivity index (χ0n) is 11.2. The number of hydrogen-bond donors (Lipinski definition) is 1. The maximum absolute atomic E-state index is 12.5. The zero-order valence-corrected chi connectivity index (χ0v) is 12.7. The molecule has 1 saturated heterocycles. The molecule has 1 aliphatic heterocycles. The van der Waals surface area contributed by atoms with E-state index in [1.165, 1.54) is 0 Å². The van der Waals surface area contributed by atoms with Crippen molar-refractivity contribution in [3.8, 4) is 0 Å². The first kappa shape index (κ1) is 15.1. The van der Waals surface area contributed by atoms with E-state index in [4.69, 9.17) is 17.3 Å². The van der Waals surface area contributed by atoms with Gasteiger partial charge < -0.3 is 10.6 Å². The Bertz CT molecular complexity index is 631. The molecule has 1 amide bonds. The summed E-state index contributed by atoms with van der Waals surface area (Å²) in [7, 11) is -3.04. The fourth-order valence-corrected chi connectivity index (χ4v) is 4.37. The smallest absolute Gasteiger partial charge is 0.256 e. The first-order valence-electron chi connectivity index (χ1n) is 6.41. The van der Waals surface area contributed by atoms with E-state index in [-0.39, 0.29) is 29.1 Å². The Morgan fingerprint density at radius 3 is 2.75 bits per heavy atom. The van der Waals surface area contributed by atoms with Crippen LogP contribution in [-0.4, -0.2) is 43.3 Å². The number of sulfone groups is 1. The van der Waals surface area contributed by atoms with Gasteiger partial charge in [-0.2, -0.15) is 0 Å². The van der Waals surface area contributed by atoms with Crippen molar-refractivity contribution in [1.29, 1.82) is 0 Å². The van der Waals surface area contributed by atoms with Gasteiger partial charge in [0.2, 0.25) is 0 Å². The van der Waals surface area contributed by atoms with Crippen LogP contribution < -0.4 is 5.73 Å². The molecule has 1 aliphatic rings. The highest BCUT2D eigenvalue weighted by Crippen LogP contribution is 2.26. The summed E-state index contributed by atoms with van der Waals surface area (Å²) in [6.07, 6.45) is 0.475. The molecule has 20 heavy (non-hydrogen) atoms. The van der Waals surface area contributed by atoms with Gasteiger partial charge in [-0.05, 0) is 25.5 Å². The van der Waals surface area contributed by atoms with Crippen LogP contribution in [0.15, 0.2) is 18.2 Å². The molecule has 2 N–H and O–H groups in total. The predicted molar refractivity (Wildman–Crippen MR) is 79.6 cm³/mol. The number of halogens is 1. The molecule has 0 spiro atoms. The van der Waals surface area contributed by atoms with Crippen molar-refractivity contribution >= 4 is 33.0 Å². The minimum atomic E-state index is -3.04. The number of anilines is 1. The molecule has 5 nitrogen and oxygen atoms in total. The van der Waals surface area contributed by atoms with Crippen molar-refractivity contribution < 1.29 is 13.2 Å². The van der Waals surface area contributed by atoms with Crippen LogP contribution in [0, 0.1) is 0 Å². The fraction of sp³-hybridized carbons (Fsp3) is 0.462. The minimum Gasteiger partial charge on any atom is -0.397 e. The highest BCUT2D eigenvalue weighted by molar-refractivity contribution is 7.91. The molecule has 7 heteroatoms. The van der Waals surface area contributed by atoms with E-state index in [9.17, 15) is 13.2 Å². The molecular weight excluding hydrogens is 300 g/mol. The van der Waals surface area contributed by atoms with Crippen LogP contribution in [0.5, 0.6) is 0 Å². The van der Waals surface area contributed by atoms with Crippen molar-refractivity contribution in [1.82, 2.24) is 4.90 Å². The lowest BCUT2D eigenvalue weighted by Gasteiger charge is -2.27. The van der Waals surface area contributed by atoms with E-state index in [0.29, 0.717) is 23.6 Å². The molecule has 1 fully saturated rings. The van der Waals surface area contributed by atoms with E-state index in [1.54, 1.807) is 23.1 Å².